The van der Waals surface area contributed by atoms with E-state index in [2.05, 4.69) is 9.72 Å². The fourth-order valence-electron chi connectivity index (χ4n) is 1.40. The summed E-state index contributed by atoms with van der Waals surface area (Å²) >= 11 is 1.46. The second-order valence-electron chi connectivity index (χ2n) is 3.31. The zero-order chi connectivity index (χ0) is 11.7. The smallest absolute Gasteiger partial charge is 0.357 e. The van der Waals surface area contributed by atoms with E-state index in [4.69, 9.17) is 4.42 Å². The second kappa shape index (κ2) is 4.09. The van der Waals surface area contributed by atoms with E-state index in [9.17, 15) is 4.79 Å². The first-order valence-electron chi connectivity index (χ1n) is 4.73. The van der Waals surface area contributed by atoms with Crippen molar-refractivity contribution in [3.63, 3.8) is 0 Å². The van der Waals surface area contributed by atoms with Crippen LogP contribution < -0.4 is 0 Å². The number of carbonyl (C=O) groups is 1. The third-order valence-electron chi connectivity index (χ3n) is 2.26. The highest BCUT2D eigenvalue weighted by atomic mass is 32.1. The van der Waals surface area contributed by atoms with Gasteiger partial charge in [-0.05, 0) is 19.9 Å². The number of furan rings is 1. The van der Waals surface area contributed by atoms with Crippen molar-refractivity contribution in [2.75, 3.05) is 7.11 Å². The lowest BCUT2D eigenvalue weighted by Crippen LogP contribution is -2.03. The normalized spacial score (nSPS) is 10.4. The molecular weight excluding hydrogens is 226 g/mol. The largest absolute Gasteiger partial charge is 0.469 e. The Morgan fingerprint density at radius 1 is 1.50 bits per heavy atom. The number of carbonyl (C=O) groups excluding carboxylic acids is 1. The van der Waals surface area contributed by atoms with Crippen molar-refractivity contribution in [1.29, 1.82) is 0 Å². The van der Waals surface area contributed by atoms with E-state index in [1.807, 2.05) is 19.9 Å². The summed E-state index contributed by atoms with van der Waals surface area (Å²) in [7, 11) is 1.35. The molecule has 0 saturated heterocycles. The van der Waals surface area contributed by atoms with Crippen LogP contribution in [0.4, 0.5) is 0 Å². The maximum atomic E-state index is 11.4. The lowest BCUT2D eigenvalue weighted by Gasteiger charge is -1.93. The molecular formula is C11H11NO3S. The summed E-state index contributed by atoms with van der Waals surface area (Å²) < 4.78 is 9.87. The number of aromatic nitrogens is 1. The van der Waals surface area contributed by atoms with E-state index in [-0.39, 0.29) is 0 Å². The summed E-state index contributed by atoms with van der Waals surface area (Å²) in [5.74, 6) is 0.395. The van der Waals surface area contributed by atoms with Crippen molar-refractivity contribution in [3.8, 4) is 10.6 Å². The molecule has 0 fully saturated rings. The van der Waals surface area contributed by atoms with Gasteiger partial charge in [0.05, 0.1) is 18.9 Å². The highest BCUT2D eigenvalue weighted by Gasteiger charge is 2.18. The van der Waals surface area contributed by atoms with Crippen LogP contribution in [0.15, 0.2) is 16.7 Å². The van der Waals surface area contributed by atoms with Crippen LogP contribution in [0.25, 0.3) is 10.6 Å². The van der Waals surface area contributed by atoms with E-state index in [0.717, 1.165) is 21.2 Å². The van der Waals surface area contributed by atoms with Gasteiger partial charge in [0.25, 0.3) is 0 Å². The fourth-order valence-corrected chi connectivity index (χ4v) is 2.38. The molecule has 0 aliphatic carbocycles. The monoisotopic (exact) mass is 237 g/mol. The first-order valence-corrected chi connectivity index (χ1v) is 5.55. The second-order valence-corrected chi connectivity index (χ2v) is 4.51. The third-order valence-corrected chi connectivity index (χ3v) is 3.27. The molecule has 16 heavy (non-hydrogen) atoms. The van der Waals surface area contributed by atoms with Gasteiger partial charge in [0.15, 0.2) is 5.69 Å². The lowest BCUT2D eigenvalue weighted by molar-refractivity contribution is 0.0594. The van der Waals surface area contributed by atoms with E-state index < -0.39 is 5.97 Å². The van der Waals surface area contributed by atoms with Crippen LogP contribution in [0.2, 0.25) is 0 Å². The average molecular weight is 237 g/mol. The summed E-state index contributed by atoms with van der Waals surface area (Å²) in [6, 6.07) is 1.84. The molecule has 0 bridgehead atoms. The zero-order valence-corrected chi connectivity index (χ0v) is 10.1. The quantitative estimate of drug-likeness (QED) is 0.754. The van der Waals surface area contributed by atoms with Crippen LogP contribution in [-0.2, 0) is 4.74 Å². The standard InChI is InChI=1S/C11H11NO3S/c1-6-8(4-5-15-6)10-12-9(7(2)16-10)11(13)14-3/h4-5H,1-3H3. The summed E-state index contributed by atoms with van der Waals surface area (Å²) in [4.78, 5) is 16.5. The predicted octanol–water partition coefficient (Wildman–Crippen LogP) is 2.81. The zero-order valence-electron chi connectivity index (χ0n) is 9.23. The van der Waals surface area contributed by atoms with Crippen LogP contribution in [0.1, 0.15) is 21.1 Å². The molecule has 2 aromatic heterocycles. The Hall–Kier alpha value is -1.62. The number of hydrogen-bond acceptors (Lipinski definition) is 5. The number of aryl methyl sites for hydroxylation is 2. The molecule has 0 spiro atoms. The van der Waals surface area contributed by atoms with Gasteiger partial charge in [-0.2, -0.15) is 0 Å². The van der Waals surface area contributed by atoms with Crippen molar-refractivity contribution >= 4 is 17.3 Å². The van der Waals surface area contributed by atoms with Gasteiger partial charge in [0, 0.05) is 4.88 Å². The average Bonchev–Trinajstić information content (AvgIpc) is 2.83. The number of methoxy groups -OCH3 is 1. The molecule has 2 heterocycles. The number of rotatable bonds is 2. The van der Waals surface area contributed by atoms with E-state index in [1.165, 1.54) is 18.4 Å². The Kier molecular flexibility index (Phi) is 2.78. The minimum atomic E-state index is -0.402. The molecule has 0 aliphatic rings. The van der Waals surface area contributed by atoms with Gasteiger partial charge in [-0.15, -0.1) is 11.3 Å². The number of hydrogen-bond donors (Lipinski definition) is 0. The molecule has 0 saturated carbocycles. The minimum Gasteiger partial charge on any atom is -0.469 e. The van der Waals surface area contributed by atoms with E-state index >= 15 is 0 Å². The molecule has 0 amide bonds. The van der Waals surface area contributed by atoms with Crippen LogP contribution in [0, 0.1) is 13.8 Å². The lowest BCUT2D eigenvalue weighted by atomic mass is 10.3. The van der Waals surface area contributed by atoms with Gasteiger partial charge in [0.2, 0.25) is 0 Å². The van der Waals surface area contributed by atoms with Gasteiger partial charge in [-0.25, -0.2) is 9.78 Å². The van der Waals surface area contributed by atoms with Crippen molar-refractivity contribution in [3.05, 3.63) is 28.7 Å². The third kappa shape index (κ3) is 1.74. The van der Waals surface area contributed by atoms with Gasteiger partial charge >= 0.3 is 5.97 Å². The SMILES string of the molecule is COC(=O)c1nc(-c2ccoc2C)sc1C. The number of nitrogens with zero attached hydrogens (tertiary/aromatic N) is 1. The Bertz CT molecular complexity index is 527. The number of ether oxygens (including phenoxy) is 1. The van der Waals surface area contributed by atoms with Crippen molar-refractivity contribution in [2.24, 2.45) is 0 Å². The fraction of sp³-hybridized carbons (Fsp3) is 0.273. The molecule has 0 radical (unpaired) electrons. The molecule has 0 N–H and O–H groups in total. The maximum Gasteiger partial charge on any atom is 0.357 e. The van der Waals surface area contributed by atoms with Crippen molar-refractivity contribution in [2.45, 2.75) is 13.8 Å². The summed E-state index contributed by atoms with van der Waals surface area (Å²) in [5, 5.41) is 0.782. The van der Waals surface area contributed by atoms with Crippen LogP contribution in [-0.4, -0.2) is 18.1 Å². The molecule has 0 unspecified atom stereocenters. The van der Waals surface area contributed by atoms with Crippen molar-refractivity contribution < 1.29 is 13.9 Å². The van der Waals surface area contributed by atoms with Crippen LogP contribution in [0.3, 0.4) is 0 Å². The Balaban J connectivity index is 2.46. The predicted molar refractivity (Wildman–Crippen MR) is 60.6 cm³/mol. The molecule has 84 valence electrons. The molecule has 0 atom stereocenters. The Labute approximate surface area is 96.9 Å². The summed E-state index contributed by atoms with van der Waals surface area (Å²) in [6.07, 6.45) is 1.61. The van der Waals surface area contributed by atoms with E-state index in [1.54, 1.807) is 6.26 Å². The number of esters is 1. The molecule has 0 aromatic carbocycles. The Morgan fingerprint density at radius 3 is 2.81 bits per heavy atom. The Morgan fingerprint density at radius 2 is 2.25 bits per heavy atom. The molecule has 2 rings (SSSR count). The minimum absolute atomic E-state index is 0.378. The molecule has 0 aliphatic heterocycles. The van der Waals surface area contributed by atoms with Crippen molar-refractivity contribution in [1.82, 2.24) is 4.98 Å². The highest BCUT2D eigenvalue weighted by Crippen LogP contribution is 2.30. The van der Waals surface area contributed by atoms with Gasteiger partial charge in [-0.3, -0.25) is 0 Å². The molecule has 2 aromatic rings. The summed E-state index contributed by atoms with van der Waals surface area (Å²) in [5.41, 5.74) is 1.30. The van der Waals surface area contributed by atoms with Gasteiger partial charge < -0.3 is 9.15 Å². The number of thiazole rings is 1. The van der Waals surface area contributed by atoms with Gasteiger partial charge in [0.1, 0.15) is 10.8 Å². The summed E-state index contributed by atoms with van der Waals surface area (Å²) in [6.45, 7) is 3.71. The highest BCUT2D eigenvalue weighted by molar-refractivity contribution is 7.15. The van der Waals surface area contributed by atoms with E-state index in [0.29, 0.717) is 5.69 Å². The molecule has 4 nitrogen and oxygen atoms in total. The maximum absolute atomic E-state index is 11.4. The molecule has 5 heteroatoms. The topological polar surface area (TPSA) is 52.3 Å². The first kappa shape index (κ1) is 10.9. The van der Waals surface area contributed by atoms with Crippen LogP contribution in [0.5, 0.6) is 0 Å². The van der Waals surface area contributed by atoms with Gasteiger partial charge in [-0.1, -0.05) is 0 Å². The van der Waals surface area contributed by atoms with Crippen LogP contribution >= 0.6 is 11.3 Å². The first-order chi connectivity index (χ1) is 7.63.